The molecule has 0 radical (unpaired) electrons. The van der Waals surface area contributed by atoms with Gasteiger partial charge in [-0.1, -0.05) is 12.8 Å². The molecule has 4 nitrogen and oxygen atoms in total. The van der Waals surface area contributed by atoms with Crippen LogP contribution in [0.1, 0.15) is 32.6 Å². The van der Waals surface area contributed by atoms with Crippen molar-refractivity contribution in [2.24, 2.45) is 11.5 Å². The van der Waals surface area contributed by atoms with Crippen LogP contribution in [0.5, 0.6) is 0 Å². The minimum atomic E-state index is -0.667. The Balaban J connectivity index is 0.000000261. The lowest BCUT2D eigenvalue weighted by atomic mass is 10.0. The minimum absolute atomic E-state index is 0.438. The maximum Gasteiger partial charge on any atom is 0.0991 e. The summed E-state index contributed by atoms with van der Waals surface area (Å²) in [5.74, 6) is 0. The van der Waals surface area contributed by atoms with Crippen LogP contribution in [0.2, 0.25) is 0 Å². The van der Waals surface area contributed by atoms with E-state index in [1.54, 1.807) is 0 Å². The summed E-state index contributed by atoms with van der Waals surface area (Å²) in [5, 5.41) is 17.2. The summed E-state index contributed by atoms with van der Waals surface area (Å²) >= 11 is 0. The molecule has 1 fully saturated rings. The predicted molar refractivity (Wildman–Crippen MR) is 48.3 cm³/mol. The molecule has 1 aliphatic carbocycles. The second-order valence-electron chi connectivity index (χ2n) is 3.38. The molecular weight excluding hydrogens is 156 g/mol. The van der Waals surface area contributed by atoms with Gasteiger partial charge in [0.05, 0.1) is 11.8 Å². The van der Waals surface area contributed by atoms with Gasteiger partial charge in [-0.05, 0) is 19.8 Å². The third kappa shape index (κ3) is 5.49. The normalized spacial score (nSPS) is 22.8. The highest BCUT2D eigenvalue weighted by Crippen LogP contribution is 2.27. The Bertz CT molecular complexity index is 109. The SMILES string of the molecule is CC(N)O.NCC1(O)CCCC1. The van der Waals surface area contributed by atoms with E-state index < -0.39 is 11.8 Å². The van der Waals surface area contributed by atoms with Gasteiger partial charge in [0, 0.05) is 6.54 Å². The van der Waals surface area contributed by atoms with Crippen LogP contribution in [0.15, 0.2) is 0 Å². The Labute approximate surface area is 73.6 Å². The molecule has 1 atom stereocenters. The van der Waals surface area contributed by atoms with E-state index >= 15 is 0 Å². The van der Waals surface area contributed by atoms with E-state index in [0.717, 1.165) is 25.7 Å². The fourth-order valence-corrected chi connectivity index (χ4v) is 1.24. The van der Waals surface area contributed by atoms with E-state index in [2.05, 4.69) is 5.73 Å². The summed E-state index contributed by atoms with van der Waals surface area (Å²) in [4.78, 5) is 0. The Morgan fingerprint density at radius 2 is 1.75 bits per heavy atom. The second kappa shape index (κ2) is 5.48. The smallest absolute Gasteiger partial charge is 0.0991 e. The van der Waals surface area contributed by atoms with E-state index in [9.17, 15) is 5.11 Å². The van der Waals surface area contributed by atoms with Crippen molar-refractivity contribution in [3.8, 4) is 0 Å². The monoisotopic (exact) mass is 176 g/mol. The molecule has 0 aromatic heterocycles. The Kier molecular flexibility index (Phi) is 5.41. The number of aliphatic hydroxyl groups is 2. The molecule has 0 spiro atoms. The summed E-state index contributed by atoms with van der Waals surface area (Å²) < 4.78 is 0. The number of hydrogen-bond acceptors (Lipinski definition) is 4. The van der Waals surface area contributed by atoms with Gasteiger partial charge in [-0.2, -0.15) is 0 Å². The quantitative estimate of drug-likeness (QED) is 0.406. The molecule has 1 saturated carbocycles. The van der Waals surface area contributed by atoms with Crippen LogP contribution in [0.25, 0.3) is 0 Å². The molecule has 0 amide bonds. The first-order valence-electron chi connectivity index (χ1n) is 4.36. The van der Waals surface area contributed by atoms with Gasteiger partial charge in [-0.3, -0.25) is 0 Å². The zero-order valence-corrected chi connectivity index (χ0v) is 7.66. The van der Waals surface area contributed by atoms with E-state index in [4.69, 9.17) is 10.8 Å². The van der Waals surface area contributed by atoms with Crippen LogP contribution in [0.4, 0.5) is 0 Å². The van der Waals surface area contributed by atoms with Gasteiger partial charge >= 0.3 is 0 Å². The van der Waals surface area contributed by atoms with Gasteiger partial charge in [0.1, 0.15) is 0 Å². The lowest BCUT2D eigenvalue weighted by Crippen LogP contribution is -2.33. The molecule has 0 heterocycles. The van der Waals surface area contributed by atoms with Crippen LogP contribution >= 0.6 is 0 Å². The molecule has 1 unspecified atom stereocenters. The molecule has 74 valence electrons. The topological polar surface area (TPSA) is 92.5 Å². The largest absolute Gasteiger partial charge is 0.389 e. The van der Waals surface area contributed by atoms with Crippen molar-refractivity contribution < 1.29 is 10.2 Å². The van der Waals surface area contributed by atoms with Crippen LogP contribution in [-0.4, -0.2) is 28.6 Å². The fourth-order valence-electron chi connectivity index (χ4n) is 1.24. The molecule has 4 heteroatoms. The number of nitrogens with two attached hydrogens (primary N) is 2. The zero-order chi connectivity index (χ0) is 9.61. The molecule has 6 N–H and O–H groups in total. The summed E-state index contributed by atoms with van der Waals surface area (Å²) in [6.45, 7) is 1.94. The molecule has 0 saturated heterocycles. The van der Waals surface area contributed by atoms with Gasteiger partial charge in [0.25, 0.3) is 0 Å². The first-order chi connectivity index (χ1) is 5.50. The first-order valence-corrected chi connectivity index (χ1v) is 4.36. The van der Waals surface area contributed by atoms with E-state index in [1.807, 2.05) is 0 Å². The van der Waals surface area contributed by atoms with Gasteiger partial charge in [-0.15, -0.1) is 0 Å². The highest BCUT2D eigenvalue weighted by Gasteiger charge is 2.28. The van der Waals surface area contributed by atoms with E-state index in [1.165, 1.54) is 6.92 Å². The number of rotatable bonds is 1. The maximum absolute atomic E-state index is 9.38. The molecule has 0 bridgehead atoms. The van der Waals surface area contributed by atoms with Crippen molar-refractivity contribution in [1.29, 1.82) is 0 Å². The lowest BCUT2D eigenvalue weighted by Gasteiger charge is -2.18. The summed E-state index contributed by atoms with van der Waals surface area (Å²) in [7, 11) is 0. The molecule has 1 rings (SSSR count). The third-order valence-corrected chi connectivity index (χ3v) is 1.91. The summed E-state index contributed by atoms with van der Waals surface area (Å²) in [5.41, 5.74) is 9.50. The van der Waals surface area contributed by atoms with Gasteiger partial charge in [0.2, 0.25) is 0 Å². The van der Waals surface area contributed by atoms with Crippen molar-refractivity contribution in [3.05, 3.63) is 0 Å². The predicted octanol–water partition coefficient (Wildman–Crippen LogP) is -0.466. The second-order valence-corrected chi connectivity index (χ2v) is 3.38. The zero-order valence-electron chi connectivity index (χ0n) is 7.66. The van der Waals surface area contributed by atoms with Crippen molar-refractivity contribution in [2.75, 3.05) is 6.54 Å². The standard InChI is InChI=1S/C6H13NO.C2H7NO/c7-5-6(8)3-1-2-4-6;1-2(3)4/h8H,1-5,7H2;2,4H,3H2,1H3. The Morgan fingerprint density at radius 3 is 1.92 bits per heavy atom. The number of hydrogen-bond donors (Lipinski definition) is 4. The van der Waals surface area contributed by atoms with Gasteiger partial charge in [-0.25, -0.2) is 0 Å². The van der Waals surface area contributed by atoms with Gasteiger partial charge < -0.3 is 21.7 Å². The number of aliphatic hydroxyl groups excluding tert-OH is 1. The van der Waals surface area contributed by atoms with Crippen molar-refractivity contribution in [3.63, 3.8) is 0 Å². The first kappa shape index (κ1) is 11.8. The summed E-state index contributed by atoms with van der Waals surface area (Å²) in [6, 6.07) is 0. The molecule has 12 heavy (non-hydrogen) atoms. The van der Waals surface area contributed by atoms with Crippen LogP contribution in [-0.2, 0) is 0 Å². The lowest BCUT2D eigenvalue weighted by molar-refractivity contribution is 0.0570. The van der Waals surface area contributed by atoms with Crippen LogP contribution in [0, 0.1) is 0 Å². The van der Waals surface area contributed by atoms with E-state index in [0.29, 0.717) is 6.54 Å². The van der Waals surface area contributed by atoms with Crippen molar-refractivity contribution in [1.82, 2.24) is 0 Å². The Hall–Kier alpha value is -0.160. The highest BCUT2D eigenvalue weighted by atomic mass is 16.3. The molecule has 0 aromatic carbocycles. The van der Waals surface area contributed by atoms with Crippen molar-refractivity contribution in [2.45, 2.75) is 44.4 Å². The van der Waals surface area contributed by atoms with Crippen LogP contribution in [0.3, 0.4) is 0 Å². The van der Waals surface area contributed by atoms with Crippen molar-refractivity contribution >= 4 is 0 Å². The highest BCUT2D eigenvalue weighted by molar-refractivity contribution is 4.84. The van der Waals surface area contributed by atoms with E-state index in [-0.39, 0.29) is 0 Å². The summed E-state index contributed by atoms with van der Waals surface area (Å²) in [6.07, 6.45) is 3.44. The molecule has 1 aliphatic rings. The molecule has 0 aromatic rings. The average molecular weight is 176 g/mol. The van der Waals surface area contributed by atoms with Crippen LogP contribution < -0.4 is 11.5 Å². The molecule has 0 aliphatic heterocycles. The maximum atomic E-state index is 9.38. The fraction of sp³-hybridized carbons (Fsp3) is 1.00. The van der Waals surface area contributed by atoms with Gasteiger partial charge in [0.15, 0.2) is 0 Å². The molecular formula is C8H20N2O2. The Morgan fingerprint density at radius 1 is 1.42 bits per heavy atom. The third-order valence-electron chi connectivity index (χ3n) is 1.91. The minimum Gasteiger partial charge on any atom is -0.389 e. The average Bonchev–Trinajstić information content (AvgIpc) is 2.36.